The predicted molar refractivity (Wildman–Crippen MR) is 92.2 cm³/mol. The first-order chi connectivity index (χ1) is 11.7. The number of imidazole rings is 1. The van der Waals surface area contributed by atoms with E-state index in [-0.39, 0.29) is 6.04 Å². The molecule has 1 atom stereocenters. The Morgan fingerprint density at radius 1 is 1.42 bits per heavy atom. The molecule has 4 N–H and O–H groups in total. The van der Waals surface area contributed by atoms with Crippen molar-refractivity contribution in [3.05, 3.63) is 35.6 Å². The van der Waals surface area contributed by atoms with Crippen LogP contribution >= 0.6 is 11.6 Å². The van der Waals surface area contributed by atoms with Crippen molar-refractivity contribution in [2.45, 2.75) is 18.9 Å². The summed E-state index contributed by atoms with van der Waals surface area (Å²) in [6.45, 7) is 1.47. The number of nitrogen functional groups attached to an aromatic ring is 1. The van der Waals surface area contributed by atoms with Gasteiger partial charge in [-0.3, -0.25) is 0 Å². The molecular weight excluding hydrogens is 328 g/mol. The number of nitrogens with zero attached hydrogens (tertiary/aromatic N) is 3. The summed E-state index contributed by atoms with van der Waals surface area (Å²) in [5.41, 5.74) is 7.35. The number of nitrogens with two attached hydrogens (primary N) is 1. The van der Waals surface area contributed by atoms with Crippen LogP contribution < -0.4 is 20.4 Å². The van der Waals surface area contributed by atoms with Gasteiger partial charge in [0.1, 0.15) is 12.4 Å². The topological polar surface area (TPSA) is 94.2 Å². The average molecular weight is 346 g/mol. The summed E-state index contributed by atoms with van der Waals surface area (Å²) in [7, 11) is 0. The van der Waals surface area contributed by atoms with E-state index in [0.717, 1.165) is 30.7 Å². The van der Waals surface area contributed by atoms with Gasteiger partial charge in [0.2, 0.25) is 11.5 Å². The highest BCUT2D eigenvalue weighted by Crippen LogP contribution is 2.29. The average Bonchev–Trinajstić information content (AvgIpc) is 3.22. The van der Waals surface area contributed by atoms with E-state index in [1.165, 1.54) is 0 Å². The summed E-state index contributed by atoms with van der Waals surface area (Å²) in [6.07, 6.45) is 3.75. The number of hydrogen-bond acceptors (Lipinski definition) is 5. The van der Waals surface area contributed by atoms with E-state index in [2.05, 4.69) is 24.8 Å². The van der Waals surface area contributed by atoms with Gasteiger partial charge in [-0.25, -0.2) is 9.97 Å². The number of para-hydroxylation sites is 1. The van der Waals surface area contributed by atoms with Crippen LogP contribution in [0.25, 0.3) is 11.2 Å². The number of anilines is 2. The van der Waals surface area contributed by atoms with Crippen LogP contribution in [0.2, 0.25) is 5.02 Å². The first-order valence-electron chi connectivity index (χ1n) is 7.88. The quantitative estimate of drug-likeness (QED) is 0.754. The first-order valence-corrected chi connectivity index (χ1v) is 8.26. The number of nitrogens with one attached hydrogen (secondary N) is 2. The molecule has 0 saturated carbocycles. The molecule has 4 rings (SSSR count). The molecule has 3 heterocycles. The van der Waals surface area contributed by atoms with Gasteiger partial charge < -0.3 is 20.4 Å². The van der Waals surface area contributed by atoms with E-state index in [1.807, 2.05) is 24.3 Å². The van der Waals surface area contributed by atoms with Crippen molar-refractivity contribution in [1.29, 1.82) is 0 Å². The first kappa shape index (κ1) is 15.0. The van der Waals surface area contributed by atoms with Crippen LogP contribution in [0.3, 0.4) is 0 Å². The third kappa shape index (κ3) is 2.71. The van der Waals surface area contributed by atoms with Crippen LogP contribution in [0, 0.1) is 0 Å². The molecule has 1 aliphatic heterocycles. The van der Waals surface area contributed by atoms with Crippen LogP contribution in [0.5, 0.6) is 5.75 Å². The van der Waals surface area contributed by atoms with E-state index in [0.29, 0.717) is 29.0 Å². The van der Waals surface area contributed by atoms with Gasteiger partial charge in [-0.15, -0.1) is 0 Å². The second kappa shape index (κ2) is 6.16. The normalized spacial score (nSPS) is 17.5. The molecule has 0 unspecified atom stereocenters. The Kier molecular flexibility index (Phi) is 3.86. The lowest BCUT2D eigenvalue weighted by atomic mass is 10.2. The maximum Gasteiger partial charge on any atom is 0.344 e. The third-order valence-electron chi connectivity index (χ3n) is 4.26. The molecule has 24 heavy (non-hydrogen) atoms. The second-order valence-corrected chi connectivity index (χ2v) is 6.21. The Hall–Kier alpha value is -2.54. The van der Waals surface area contributed by atoms with Crippen LogP contribution in [0.4, 0.5) is 11.8 Å². The fourth-order valence-electron chi connectivity index (χ4n) is 3.14. The van der Waals surface area contributed by atoms with Crippen LogP contribution in [0.1, 0.15) is 12.8 Å². The van der Waals surface area contributed by atoms with Crippen LogP contribution in [0.15, 0.2) is 30.6 Å². The zero-order valence-electron chi connectivity index (χ0n) is 13.0. The molecule has 0 aliphatic carbocycles. The number of fused-ring (bicyclic) bond motifs is 1. The van der Waals surface area contributed by atoms with Crippen LogP contribution in [-0.2, 0) is 0 Å². The zero-order chi connectivity index (χ0) is 16.5. The van der Waals surface area contributed by atoms with Gasteiger partial charge in [-0.2, -0.15) is 0 Å². The minimum atomic E-state index is 0.228. The highest BCUT2D eigenvalue weighted by molar-refractivity contribution is 6.32. The van der Waals surface area contributed by atoms with Crippen molar-refractivity contribution in [3.63, 3.8) is 0 Å². The Labute approximate surface area is 143 Å². The lowest BCUT2D eigenvalue weighted by molar-refractivity contribution is -0.348. The molecule has 7 nitrogen and oxygen atoms in total. The summed E-state index contributed by atoms with van der Waals surface area (Å²) in [4.78, 5) is 17.0. The third-order valence-corrected chi connectivity index (χ3v) is 4.57. The standard InChI is InChI=1S/C16H17ClN6O/c17-11-5-1-2-6-12(11)24-8-10-4-3-7-23(10)15-13-14(20-9-19-13)21-16(18)22-15/h1-2,5-6,9-10H,3-4,7-8H2,(H3,18,19,20,21,22)/p+1/t10-/m1/s1. The van der Waals surface area contributed by atoms with Crippen molar-refractivity contribution in [3.8, 4) is 5.75 Å². The number of aromatic amines is 2. The van der Waals surface area contributed by atoms with Crippen LogP contribution in [-0.4, -0.2) is 34.1 Å². The molecule has 124 valence electrons. The molecule has 0 radical (unpaired) electrons. The minimum Gasteiger partial charge on any atom is -0.489 e. The highest BCUT2D eigenvalue weighted by Gasteiger charge is 2.32. The number of H-pyrrole nitrogens is 2. The number of rotatable bonds is 4. The zero-order valence-corrected chi connectivity index (χ0v) is 13.8. The number of ether oxygens (including phenoxy) is 1. The van der Waals surface area contributed by atoms with Gasteiger partial charge in [-0.05, 0) is 25.0 Å². The summed E-state index contributed by atoms with van der Waals surface area (Å²) in [6, 6.07) is 7.74. The Morgan fingerprint density at radius 2 is 2.29 bits per heavy atom. The maximum atomic E-state index is 6.16. The molecule has 0 spiro atoms. The van der Waals surface area contributed by atoms with E-state index >= 15 is 0 Å². The molecule has 8 heteroatoms. The van der Waals surface area contributed by atoms with Crippen molar-refractivity contribution in [2.24, 2.45) is 0 Å². The van der Waals surface area contributed by atoms with Gasteiger partial charge in [0.15, 0.2) is 5.52 Å². The summed E-state index contributed by atoms with van der Waals surface area (Å²) >= 11 is 6.16. The van der Waals surface area contributed by atoms with E-state index < -0.39 is 0 Å². The molecule has 1 fully saturated rings. The van der Waals surface area contributed by atoms with Gasteiger partial charge in [0, 0.05) is 0 Å². The summed E-state index contributed by atoms with van der Waals surface area (Å²) in [5.74, 6) is 1.96. The molecule has 1 aliphatic rings. The Balaban J connectivity index is 1.58. The summed E-state index contributed by atoms with van der Waals surface area (Å²) in [5, 5.41) is 0.623. The van der Waals surface area contributed by atoms with Gasteiger partial charge in [-0.1, -0.05) is 28.7 Å². The number of aromatic nitrogens is 4. The van der Waals surface area contributed by atoms with E-state index in [4.69, 9.17) is 22.1 Å². The van der Waals surface area contributed by atoms with Crippen molar-refractivity contribution < 1.29 is 9.72 Å². The molecule has 0 bridgehead atoms. The molecule has 3 aromatic rings. The maximum absolute atomic E-state index is 6.16. The van der Waals surface area contributed by atoms with Gasteiger partial charge in [0.05, 0.1) is 23.9 Å². The highest BCUT2D eigenvalue weighted by atomic mass is 35.5. The molecule has 0 amide bonds. The lowest BCUT2D eigenvalue weighted by Crippen LogP contribution is -2.38. The Morgan fingerprint density at radius 3 is 3.17 bits per heavy atom. The fourth-order valence-corrected chi connectivity index (χ4v) is 3.33. The minimum absolute atomic E-state index is 0.228. The molecule has 1 aromatic carbocycles. The molecular formula is C16H18ClN6O+. The van der Waals surface area contributed by atoms with E-state index in [1.54, 1.807) is 6.33 Å². The van der Waals surface area contributed by atoms with Crippen molar-refractivity contribution in [1.82, 2.24) is 15.0 Å². The number of benzene rings is 1. The van der Waals surface area contributed by atoms with Crippen molar-refractivity contribution in [2.75, 3.05) is 23.8 Å². The number of halogens is 1. The number of hydrogen-bond donors (Lipinski definition) is 2. The van der Waals surface area contributed by atoms with E-state index in [9.17, 15) is 0 Å². The SMILES string of the molecule is Nc1nc2nc[nH]c2c(N2CCC[C@@H]2COc2ccccc2Cl)[nH+]1. The Bertz CT molecular complexity index is 867. The smallest absolute Gasteiger partial charge is 0.344 e. The molecule has 1 saturated heterocycles. The lowest BCUT2D eigenvalue weighted by Gasteiger charge is -2.23. The predicted octanol–water partition coefficient (Wildman–Crippen LogP) is 2.06. The summed E-state index contributed by atoms with van der Waals surface area (Å²) < 4.78 is 5.94. The monoisotopic (exact) mass is 345 g/mol. The molecule has 2 aromatic heterocycles. The largest absolute Gasteiger partial charge is 0.489 e. The van der Waals surface area contributed by atoms with Crippen molar-refractivity contribution >= 4 is 34.5 Å². The fraction of sp³-hybridized carbons (Fsp3) is 0.312. The second-order valence-electron chi connectivity index (χ2n) is 5.80. The van der Waals surface area contributed by atoms with Gasteiger partial charge in [0.25, 0.3) is 0 Å². The van der Waals surface area contributed by atoms with Gasteiger partial charge >= 0.3 is 5.95 Å².